The zero-order valence-corrected chi connectivity index (χ0v) is 13.7. The van der Waals surface area contributed by atoms with Crippen LogP contribution in [0.5, 0.6) is 17.2 Å². The molecule has 0 spiro atoms. The van der Waals surface area contributed by atoms with Gasteiger partial charge in [-0.05, 0) is 40.5 Å². The Morgan fingerprint density at radius 3 is 2.62 bits per heavy atom. The molecule has 2 rings (SSSR count). The Balaban J connectivity index is 2.30. The van der Waals surface area contributed by atoms with Crippen LogP contribution in [-0.4, -0.2) is 6.61 Å². The lowest BCUT2D eigenvalue weighted by Gasteiger charge is -2.13. The van der Waals surface area contributed by atoms with Crippen LogP contribution in [0.15, 0.2) is 34.8 Å². The van der Waals surface area contributed by atoms with Crippen LogP contribution >= 0.6 is 27.5 Å². The molecule has 0 bridgehead atoms. The first-order chi connectivity index (χ1) is 10.0. The lowest BCUT2D eigenvalue weighted by Crippen LogP contribution is -2.00. The van der Waals surface area contributed by atoms with E-state index in [-0.39, 0.29) is 11.4 Å². The van der Waals surface area contributed by atoms with E-state index in [0.717, 1.165) is 6.42 Å². The van der Waals surface area contributed by atoms with Crippen LogP contribution in [0.3, 0.4) is 0 Å². The number of rotatable bonds is 5. The topological polar surface area (TPSA) is 44.5 Å². The highest BCUT2D eigenvalue weighted by molar-refractivity contribution is 9.10. The van der Waals surface area contributed by atoms with Crippen LogP contribution < -0.4 is 15.2 Å². The molecule has 3 nitrogen and oxygen atoms in total. The first-order valence-corrected chi connectivity index (χ1v) is 7.53. The zero-order valence-electron chi connectivity index (χ0n) is 11.3. The molecule has 21 heavy (non-hydrogen) atoms. The molecule has 0 saturated heterocycles. The predicted molar refractivity (Wildman–Crippen MR) is 85.8 cm³/mol. The minimum Gasteiger partial charge on any atom is -0.490 e. The minimum absolute atomic E-state index is 0.117. The highest BCUT2D eigenvalue weighted by atomic mass is 79.9. The fourth-order valence-corrected chi connectivity index (χ4v) is 2.40. The fraction of sp³-hybridized carbons (Fsp3) is 0.200. The number of benzene rings is 2. The van der Waals surface area contributed by atoms with Gasteiger partial charge in [-0.25, -0.2) is 4.39 Å². The average Bonchev–Trinajstić information content (AvgIpc) is 2.43. The van der Waals surface area contributed by atoms with E-state index < -0.39 is 5.82 Å². The second-order valence-electron chi connectivity index (χ2n) is 4.35. The van der Waals surface area contributed by atoms with E-state index >= 15 is 0 Å². The van der Waals surface area contributed by atoms with Crippen molar-refractivity contribution in [3.63, 3.8) is 0 Å². The van der Waals surface area contributed by atoms with Gasteiger partial charge in [0.2, 0.25) is 0 Å². The van der Waals surface area contributed by atoms with Crippen molar-refractivity contribution in [2.45, 2.75) is 13.3 Å². The summed E-state index contributed by atoms with van der Waals surface area (Å²) in [5.41, 5.74) is 5.98. The van der Waals surface area contributed by atoms with Crippen molar-refractivity contribution in [3.05, 3.63) is 45.6 Å². The van der Waals surface area contributed by atoms with E-state index in [1.54, 1.807) is 18.2 Å². The van der Waals surface area contributed by atoms with Crippen molar-refractivity contribution in [3.8, 4) is 17.2 Å². The van der Waals surface area contributed by atoms with Crippen LogP contribution in [0.25, 0.3) is 0 Å². The van der Waals surface area contributed by atoms with Gasteiger partial charge >= 0.3 is 0 Å². The molecule has 2 aromatic carbocycles. The maximum atomic E-state index is 13.7. The highest BCUT2D eigenvalue weighted by Gasteiger charge is 2.12. The number of halogens is 3. The van der Waals surface area contributed by atoms with Crippen LogP contribution in [0.1, 0.15) is 13.3 Å². The third-order valence-electron chi connectivity index (χ3n) is 2.64. The van der Waals surface area contributed by atoms with E-state index in [0.29, 0.717) is 27.6 Å². The summed E-state index contributed by atoms with van der Waals surface area (Å²) in [5, 5.41) is 0.577. The van der Waals surface area contributed by atoms with Gasteiger partial charge in [0.15, 0.2) is 17.3 Å². The Morgan fingerprint density at radius 2 is 1.95 bits per heavy atom. The summed E-state index contributed by atoms with van der Waals surface area (Å²) in [4.78, 5) is 0. The summed E-state index contributed by atoms with van der Waals surface area (Å²) >= 11 is 9.22. The molecule has 0 fully saturated rings. The molecular formula is C15H14BrClFNO2. The molecule has 0 aliphatic heterocycles. The second kappa shape index (κ2) is 7.00. The van der Waals surface area contributed by atoms with Gasteiger partial charge in [-0.15, -0.1) is 0 Å². The van der Waals surface area contributed by atoms with E-state index in [4.69, 9.17) is 26.8 Å². The molecule has 2 aromatic rings. The van der Waals surface area contributed by atoms with Gasteiger partial charge in [0.25, 0.3) is 0 Å². The number of nitrogens with two attached hydrogens (primary N) is 1. The Kier molecular flexibility index (Phi) is 5.31. The molecule has 0 aliphatic rings. The summed E-state index contributed by atoms with van der Waals surface area (Å²) < 4.78 is 25.4. The normalized spacial score (nSPS) is 10.5. The van der Waals surface area contributed by atoms with Gasteiger partial charge < -0.3 is 15.2 Å². The number of ether oxygens (including phenoxy) is 2. The molecule has 0 aromatic heterocycles. The first kappa shape index (κ1) is 15.9. The maximum absolute atomic E-state index is 13.7. The maximum Gasteiger partial charge on any atom is 0.167 e. The minimum atomic E-state index is -0.511. The zero-order chi connectivity index (χ0) is 15.4. The number of hydrogen-bond donors (Lipinski definition) is 1. The third kappa shape index (κ3) is 4.02. The highest BCUT2D eigenvalue weighted by Crippen LogP contribution is 2.37. The SMILES string of the molecule is CCCOc1cc(Oc2ccc(Cl)cc2Br)c(N)cc1F. The van der Waals surface area contributed by atoms with E-state index in [1.807, 2.05) is 6.92 Å². The van der Waals surface area contributed by atoms with Crippen molar-refractivity contribution in [2.24, 2.45) is 0 Å². The van der Waals surface area contributed by atoms with Crippen LogP contribution in [0.2, 0.25) is 5.02 Å². The first-order valence-electron chi connectivity index (χ1n) is 6.36. The van der Waals surface area contributed by atoms with Gasteiger partial charge in [0.1, 0.15) is 5.75 Å². The number of nitrogen functional groups attached to an aromatic ring is 1. The Hall–Kier alpha value is -1.46. The molecule has 2 N–H and O–H groups in total. The van der Waals surface area contributed by atoms with Crippen molar-refractivity contribution < 1.29 is 13.9 Å². The quantitative estimate of drug-likeness (QED) is 0.712. The predicted octanol–water partition coefficient (Wildman–Crippen LogP) is 5.40. The van der Waals surface area contributed by atoms with Crippen molar-refractivity contribution in [1.82, 2.24) is 0 Å². The molecule has 112 valence electrons. The summed E-state index contributed by atoms with van der Waals surface area (Å²) in [6.07, 6.45) is 0.780. The molecule has 0 atom stereocenters. The van der Waals surface area contributed by atoms with Gasteiger partial charge in [-0.2, -0.15) is 0 Å². The summed E-state index contributed by atoms with van der Waals surface area (Å²) in [6.45, 7) is 2.36. The molecule has 0 amide bonds. The summed E-state index contributed by atoms with van der Waals surface area (Å²) in [5.74, 6) is 0.458. The summed E-state index contributed by atoms with van der Waals surface area (Å²) in [7, 11) is 0. The number of anilines is 1. The van der Waals surface area contributed by atoms with E-state index in [9.17, 15) is 4.39 Å². The molecule has 0 heterocycles. The molecule has 0 unspecified atom stereocenters. The van der Waals surface area contributed by atoms with Crippen molar-refractivity contribution in [2.75, 3.05) is 12.3 Å². The third-order valence-corrected chi connectivity index (χ3v) is 3.49. The largest absolute Gasteiger partial charge is 0.490 e. The van der Waals surface area contributed by atoms with Gasteiger partial charge in [-0.1, -0.05) is 18.5 Å². The van der Waals surface area contributed by atoms with E-state index in [1.165, 1.54) is 12.1 Å². The van der Waals surface area contributed by atoms with Gasteiger partial charge in [0, 0.05) is 17.2 Å². The molecule has 6 heteroatoms. The van der Waals surface area contributed by atoms with Crippen LogP contribution in [0, 0.1) is 5.82 Å². The summed E-state index contributed by atoms with van der Waals surface area (Å²) in [6, 6.07) is 7.72. The average molecular weight is 375 g/mol. The Bertz CT molecular complexity index is 652. The monoisotopic (exact) mass is 373 g/mol. The van der Waals surface area contributed by atoms with Crippen LogP contribution in [0.4, 0.5) is 10.1 Å². The van der Waals surface area contributed by atoms with E-state index in [2.05, 4.69) is 15.9 Å². The number of hydrogen-bond acceptors (Lipinski definition) is 3. The van der Waals surface area contributed by atoms with Gasteiger partial charge in [-0.3, -0.25) is 0 Å². The molecule has 0 radical (unpaired) electrons. The molecule has 0 aliphatic carbocycles. The Labute approximate surface area is 135 Å². The van der Waals surface area contributed by atoms with Gasteiger partial charge in [0.05, 0.1) is 16.8 Å². The van der Waals surface area contributed by atoms with Crippen molar-refractivity contribution >= 4 is 33.2 Å². The van der Waals surface area contributed by atoms with Crippen molar-refractivity contribution in [1.29, 1.82) is 0 Å². The lowest BCUT2D eigenvalue weighted by atomic mass is 10.2. The fourth-order valence-electron chi connectivity index (χ4n) is 1.64. The second-order valence-corrected chi connectivity index (χ2v) is 5.64. The standard InChI is InChI=1S/C15H14BrClFNO2/c1-2-5-20-14-8-15(12(19)7-11(14)18)21-13-4-3-9(17)6-10(13)16/h3-4,6-8H,2,5,19H2,1H3. The molecule has 0 saturated carbocycles. The smallest absolute Gasteiger partial charge is 0.167 e. The Morgan fingerprint density at radius 1 is 1.19 bits per heavy atom. The lowest BCUT2D eigenvalue weighted by molar-refractivity contribution is 0.299. The molecular weight excluding hydrogens is 361 g/mol. The van der Waals surface area contributed by atoms with Crippen LogP contribution in [-0.2, 0) is 0 Å².